The Kier molecular flexibility index (Phi) is 7.40. The van der Waals surface area contributed by atoms with Crippen molar-refractivity contribution in [1.29, 1.82) is 0 Å². The monoisotopic (exact) mass is 182 g/mol. The van der Waals surface area contributed by atoms with Crippen molar-refractivity contribution < 1.29 is 0 Å². The molecule has 0 radical (unpaired) electrons. The average Bonchev–Trinajstić information content (AvgIpc) is 1.80. The van der Waals surface area contributed by atoms with E-state index in [2.05, 4.69) is 0 Å². The van der Waals surface area contributed by atoms with E-state index in [-0.39, 0.29) is 0 Å². The fraction of sp³-hybridized carbons (Fsp3) is 0.833. The first-order valence-electron chi connectivity index (χ1n) is 2.96. The molecule has 0 aromatic heterocycles. The van der Waals surface area contributed by atoms with E-state index in [0.717, 1.165) is 22.3 Å². The van der Waals surface area contributed by atoms with Gasteiger partial charge in [-0.05, 0) is 25.5 Å². The molecule has 0 atom stereocenters. The Balaban J connectivity index is 2.83. The summed E-state index contributed by atoms with van der Waals surface area (Å²) in [5, 5.41) is 0. The standard InChI is InChI=1S/C6H11ClS2/c1-6(8)9-5-3-2-4-7/h2-5H2,1H3. The van der Waals surface area contributed by atoms with Crippen LogP contribution in [-0.2, 0) is 0 Å². The highest BCUT2D eigenvalue weighted by molar-refractivity contribution is 8.23. The molecule has 0 aromatic rings. The summed E-state index contributed by atoms with van der Waals surface area (Å²) in [4.78, 5) is 0. The summed E-state index contributed by atoms with van der Waals surface area (Å²) in [7, 11) is 0. The van der Waals surface area contributed by atoms with Gasteiger partial charge in [0, 0.05) is 10.1 Å². The SMILES string of the molecule is CC(=S)SCCCCCl. The lowest BCUT2D eigenvalue weighted by atomic mass is 10.4. The van der Waals surface area contributed by atoms with Gasteiger partial charge in [-0.15, -0.1) is 23.4 Å². The smallest absolute Gasteiger partial charge is 0.0447 e. The molecule has 54 valence electrons. The maximum absolute atomic E-state index is 5.47. The molecular weight excluding hydrogens is 172 g/mol. The van der Waals surface area contributed by atoms with Crippen LogP contribution in [0.4, 0.5) is 0 Å². The third-order valence-corrected chi connectivity index (χ3v) is 2.35. The Labute approximate surface area is 71.3 Å². The molecule has 0 saturated carbocycles. The molecule has 0 saturated heterocycles. The molecule has 0 nitrogen and oxygen atoms in total. The Morgan fingerprint density at radius 2 is 2.22 bits per heavy atom. The van der Waals surface area contributed by atoms with Crippen LogP contribution in [0.1, 0.15) is 19.8 Å². The van der Waals surface area contributed by atoms with Crippen LogP contribution >= 0.6 is 35.6 Å². The first-order chi connectivity index (χ1) is 4.27. The lowest BCUT2D eigenvalue weighted by molar-refractivity contribution is 0.905. The number of halogens is 1. The average molecular weight is 183 g/mol. The number of thioether (sulfide) groups is 1. The summed E-state index contributed by atoms with van der Waals surface area (Å²) in [6.07, 6.45) is 2.29. The minimum absolute atomic E-state index is 0.775. The number of rotatable bonds is 4. The fourth-order valence-corrected chi connectivity index (χ4v) is 1.49. The van der Waals surface area contributed by atoms with E-state index < -0.39 is 0 Å². The Morgan fingerprint density at radius 1 is 1.56 bits per heavy atom. The van der Waals surface area contributed by atoms with Gasteiger partial charge >= 0.3 is 0 Å². The Hall–Kier alpha value is 0.730. The van der Waals surface area contributed by atoms with Crippen molar-refractivity contribution in [2.45, 2.75) is 19.8 Å². The predicted octanol–water partition coefficient (Wildman–Crippen LogP) is 3.09. The second-order valence-electron chi connectivity index (χ2n) is 1.74. The topological polar surface area (TPSA) is 0 Å². The van der Waals surface area contributed by atoms with Gasteiger partial charge in [-0.3, -0.25) is 0 Å². The number of hydrogen-bond acceptors (Lipinski definition) is 2. The predicted molar refractivity (Wildman–Crippen MR) is 50.7 cm³/mol. The van der Waals surface area contributed by atoms with Crippen molar-refractivity contribution in [2.24, 2.45) is 0 Å². The summed E-state index contributed by atoms with van der Waals surface area (Å²) in [5.41, 5.74) is 0. The molecule has 0 aromatic carbocycles. The van der Waals surface area contributed by atoms with Crippen molar-refractivity contribution in [2.75, 3.05) is 11.6 Å². The zero-order valence-electron chi connectivity index (χ0n) is 5.52. The summed E-state index contributed by atoms with van der Waals surface area (Å²) < 4.78 is 1.03. The van der Waals surface area contributed by atoms with E-state index in [9.17, 15) is 0 Å². The van der Waals surface area contributed by atoms with Crippen molar-refractivity contribution >= 4 is 39.8 Å². The van der Waals surface area contributed by atoms with Gasteiger partial charge in [0.2, 0.25) is 0 Å². The van der Waals surface area contributed by atoms with Crippen LogP contribution < -0.4 is 0 Å². The van der Waals surface area contributed by atoms with Gasteiger partial charge in [-0.25, -0.2) is 0 Å². The summed E-state index contributed by atoms with van der Waals surface area (Å²) in [6.45, 7) is 1.96. The Morgan fingerprint density at radius 3 is 2.67 bits per heavy atom. The van der Waals surface area contributed by atoms with E-state index in [0.29, 0.717) is 0 Å². The van der Waals surface area contributed by atoms with Gasteiger partial charge in [0.1, 0.15) is 0 Å². The second-order valence-corrected chi connectivity index (χ2v) is 4.29. The highest BCUT2D eigenvalue weighted by atomic mass is 35.5. The molecule has 3 heteroatoms. The van der Waals surface area contributed by atoms with Crippen LogP contribution in [0.3, 0.4) is 0 Å². The van der Waals surface area contributed by atoms with Crippen LogP contribution in [0, 0.1) is 0 Å². The van der Waals surface area contributed by atoms with E-state index in [1.807, 2.05) is 6.92 Å². The van der Waals surface area contributed by atoms with Gasteiger partial charge in [0.25, 0.3) is 0 Å². The van der Waals surface area contributed by atoms with E-state index in [1.165, 1.54) is 6.42 Å². The molecule has 0 unspecified atom stereocenters. The maximum Gasteiger partial charge on any atom is 0.0447 e. The molecule has 0 spiro atoms. The van der Waals surface area contributed by atoms with E-state index >= 15 is 0 Å². The molecule has 0 rings (SSSR count). The molecule has 0 aliphatic heterocycles. The molecule has 0 fully saturated rings. The number of unbranched alkanes of at least 4 members (excludes halogenated alkanes) is 1. The van der Waals surface area contributed by atoms with Crippen LogP contribution in [0.2, 0.25) is 0 Å². The molecule has 0 aliphatic rings. The zero-order chi connectivity index (χ0) is 7.11. The molecule has 0 bridgehead atoms. The Bertz CT molecular complexity index is 83.1. The first-order valence-corrected chi connectivity index (χ1v) is 4.89. The second kappa shape index (κ2) is 6.84. The molecule has 9 heavy (non-hydrogen) atoms. The minimum atomic E-state index is 0.775. The lowest BCUT2D eigenvalue weighted by Gasteiger charge is -1.94. The van der Waals surface area contributed by atoms with Gasteiger partial charge in [-0.1, -0.05) is 12.2 Å². The highest BCUT2D eigenvalue weighted by Crippen LogP contribution is 2.06. The van der Waals surface area contributed by atoms with Gasteiger partial charge in [0.05, 0.1) is 0 Å². The van der Waals surface area contributed by atoms with Crippen LogP contribution in [-0.4, -0.2) is 15.8 Å². The van der Waals surface area contributed by atoms with Crippen molar-refractivity contribution in [3.63, 3.8) is 0 Å². The molecular formula is C6H11ClS2. The minimum Gasteiger partial charge on any atom is -0.127 e. The summed E-state index contributed by atoms with van der Waals surface area (Å²) in [5.74, 6) is 1.90. The molecule has 0 aliphatic carbocycles. The third-order valence-electron chi connectivity index (χ3n) is 0.833. The molecule has 0 amide bonds. The fourth-order valence-electron chi connectivity index (χ4n) is 0.412. The van der Waals surface area contributed by atoms with E-state index in [4.69, 9.17) is 23.8 Å². The maximum atomic E-state index is 5.47. The summed E-state index contributed by atoms with van der Waals surface area (Å²) in [6, 6.07) is 0. The molecule has 0 heterocycles. The first kappa shape index (κ1) is 9.73. The molecule has 0 N–H and O–H groups in total. The van der Waals surface area contributed by atoms with Crippen LogP contribution in [0.15, 0.2) is 0 Å². The van der Waals surface area contributed by atoms with E-state index in [1.54, 1.807) is 11.8 Å². The van der Waals surface area contributed by atoms with Crippen LogP contribution in [0.5, 0.6) is 0 Å². The lowest BCUT2D eigenvalue weighted by Crippen LogP contribution is -1.84. The number of hydrogen-bond donors (Lipinski definition) is 0. The highest BCUT2D eigenvalue weighted by Gasteiger charge is 1.88. The van der Waals surface area contributed by atoms with Gasteiger partial charge in [0.15, 0.2) is 0 Å². The van der Waals surface area contributed by atoms with Crippen LogP contribution in [0.25, 0.3) is 0 Å². The third kappa shape index (κ3) is 8.73. The van der Waals surface area contributed by atoms with Crippen molar-refractivity contribution in [3.05, 3.63) is 0 Å². The number of alkyl halides is 1. The number of thiocarbonyl (C=S) groups is 1. The van der Waals surface area contributed by atoms with Crippen molar-refractivity contribution in [1.82, 2.24) is 0 Å². The normalized spacial score (nSPS) is 9.56. The van der Waals surface area contributed by atoms with Gasteiger partial charge < -0.3 is 0 Å². The quantitative estimate of drug-likeness (QED) is 0.373. The zero-order valence-corrected chi connectivity index (χ0v) is 7.91. The summed E-state index contributed by atoms with van der Waals surface area (Å²) >= 11 is 12.1. The largest absolute Gasteiger partial charge is 0.127 e. The van der Waals surface area contributed by atoms with Crippen molar-refractivity contribution in [3.8, 4) is 0 Å². The van der Waals surface area contributed by atoms with Gasteiger partial charge in [-0.2, -0.15) is 0 Å².